The Balaban J connectivity index is 2.79. The third-order valence-electron chi connectivity index (χ3n) is 1.69. The molecule has 0 unspecified atom stereocenters. The fourth-order valence-corrected chi connectivity index (χ4v) is 2.11. The van der Waals surface area contributed by atoms with Crippen molar-refractivity contribution in [2.75, 3.05) is 6.54 Å². The zero-order valence-corrected chi connectivity index (χ0v) is 9.48. The van der Waals surface area contributed by atoms with E-state index < -0.39 is 10.0 Å². The Bertz CT molecular complexity index is 459. The number of terminal acetylenes is 1. The first kappa shape index (κ1) is 12.1. The molecule has 0 aliphatic heterocycles. The Labute approximate surface area is 94.5 Å². The number of benzene rings is 1. The monoisotopic (exact) mass is 243 g/mol. The molecule has 0 atom stereocenters. The van der Waals surface area contributed by atoms with Gasteiger partial charge in [0.25, 0.3) is 0 Å². The quantitative estimate of drug-likeness (QED) is 0.646. The summed E-state index contributed by atoms with van der Waals surface area (Å²) >= 11 is 5.65. The van der Waals surface area contributed by atoms with Gasteiger partial charge in [-0.2, -0.15) is 0 Å². The summed E-state index contributed by atoms with van der Waals surface area (Å²) in [4.78, 5) is 0.184. The summed E-state index contributed by atoms with van der Waals surface area (Å²) in [5.74, 6) is 2.35. The lowest BCUT2D eigenvalue weighted by atomic mass is 10.4. The first-order chi connectivity index (χ1) is 7.06. The molecule has 0 radical (unpaired) electrons. The second-order valence-electron chi connectivity index (χ2n) is 2.81. The van der Waals surface area contributed by atoms with E-state index in [2.05, 4.69) is 10.6 Å². The predicted octanol–water partition coefficient (Wildman–Crippen LogP) is 1.64. The van der Waals surface area contributed by atoms with Gasteiger partial charge in [-0.15, -0.1) is 12.3 Å². The molecular weight excluding hydrogens is 234 g/mol. The second kappa shape index (κ2) is 5.17. The minimum Gasteiger partial charge on any atom is -0.210 e. The van der Waals surface area contributed by atoms with E-state index in [0.29, 0.717) is 11.4 Å². The third-order valence-corrected chi connectivity index (χ3v) is 3.41. The van der Waals surface area contributed by atoms with Crippen molar-refractivity contribution in [2.24, 2.45) is 0 Å². The third kappa shape index (κ3) is 3.56. The van der Waals surface area contributed by atoms with Crippen molar-refractivity contribution in [1.29, 1.82) is 0 Å². The normalized spacial score (nSPS) is 10.9. The zero-order valence-electron chi connectivity index (χ0n) is 7.90. The molecule has 0 fully saturated rings. The molecule has 1 aromatic carbocycles. The number of sulfonamides is 1. The van der Waals surface area contributed by atoms with Crippen molar-refractivity contribution in [3.8, 4) is 12.3 Å². The number of hydrogen-bond acceptors (Lipinski definition) is 2. The lowest BCUT2D eigenvalue weighted by Gasteiger charge is -2.04. The fraction of sp³-hybridized carbons (Fsp3) is 0.200. The van der Waals surface area contributed by atoms with Gasteiger partial charge in [0, 0.05) is 18.0 Å². The summed E-state index contributed by atoms with van der Waals surface area (Å²) in [6.07, 6.45) is 5.38. The van der Waals surface area contributed by atoms with Crippen molar-refractivity contribution >= 4 is 21.6 Å². The highest BCUT2D eigenvalue weighted by atomic mass is 35.5. The first-order valence-corrected chi connectivity index (χ1v) is 6.11. The molecule has 0 saturated heterocycles. The number of rotatable bonds is 4. The molecule has 0 amide bonds. The van der Waals surface area contributed by atoms with E-state index in [0.717, 1.165) is 0 Å². The number of halogens is 1. The highest BCUT2D eigenvalue weighted by Gasteiger charge is 2.11. The van der Waals surface area contributed by atoms with E-state index in [-0.39, 0.29) is 11.4 Å². The van der Waals surface area contributed by atoms with Crippen molar-refractivity contribution in [2.45, 2.75) is 11.3 Å². The molecule has 1 N–H and O–H groups in total. The maximum atomic E-state index is 11.6. The van der Waals surface area contributed by atoms with Crippen molar-refractivity contribution in [3.63, 3.8) is 0 Å². The molecule has 1 aromatic rings. The van der Waals surface area contributed by atoms with Gasteiger partial charge in [-0.05, 0) is 24.3 Å². The van der Waals surface area contributed by atoms with Crippen LogP contribution < -0.4 is 4.72 Å². The number of nitrogens with one attached hydrogen (secondary N) is 1. The average molecular weight is 244 g/mol. The Morgan fingerprint density at radius 3 is 2.47 bits per heavy atom. The standard InChI is InChI=1S/C10H10ClNO2S/c1-2-3-8-12-15(13,14)10-6-4-9(11)5-7-10/h1,4-7,12H,3,8H2. The van der Waals surface area contributed by atoms with E-state index in [1.165, 1.54) is 24.3 Å². The molecule has 1 rings (SSSR count). The van der Waals surface area contributed by atoms with Crippen LogP contribution in [0.15, 0.2) is 29.2 Å². The van der Waals surface area contributed by atoms with Gasteiger partial charge in [0.05, 0.1) is 4.90 Å². The molecule has 0 bridgehead atoms. The summed E-state index contributed by atoms with van der Waals surface area (Å²) < 4.78 is 25.6. The summed E-state index contributed by atoms with van der Waals surface area (Å²) in [5, 5.41) is 0.498. The highest BCUT2D eigenvalue weighted by Crippen LogP contribution is 2.13. The Morgan fingerprint density at radius 1 is 1.33 bits per heavy atom. The fourth-order valence-electron chi connectivity index (χ4n) is 0.955. The first-order valence-electron chi connectivity index (χ1n) is 4.25. The molecular formula is C10H10ClNO2S. The topological polar surface area (TPSA) is 46.2 Å². The number of hydrogen-bond donors (Lipinski definition) is 1. The molecule has 0 spiro atoms. The Kier molecular flexibility index (Phi) is 4.15. The van der Waals surface area contributed by atoms with Crippen molar-refractivity contribution < 1.29 is 8.42 Å². The predicted molar refractivity (Wildman–Crippen MR) is 60.1 cm³/mol. The van der Waals surface area contributed by atoms with E-state index >= 15 is 0 Å². The molecule has 5 heteroatoms. The molecule has 0 heterocycles. The van der Waals surface area contributed by atoms with Gasteiger partial charge < -0.3 is 0 Å². The van der Waals surface area contributed by atoms with E-state index in [9.17, 15) is 8.42 Å². The molecule has 0 aromatic heterocycles. The van der Waals surface area contributed by atoms with E-state index in [1.807, 2.05) is 0 Å². The summed E-state index contributed by atoms with van der Waals surface area (Å²) in [6, 6.07) is 5.94. The van der Waals surface area contributed by atoms with Gasteiger partial charge in [0.2, 0.25) is 10.0 Å². The lowest BCUT2D eigenvalue weighted by Crippen LogP contribution is -2.24. The Hall–Kier alpha value is -1.02. The molecule has 3 nitrogen and oxygen atoms in total. The van der Waals surface area contributed by atoms with Crippen LogP contribution in [-0.4, -0.2) is 15.0 Å². The Morgan fingerprint density at radius 2 is 1.93 bits per heavy atom. The van der Waals surface area contributed by atoms with Crippen molar-refractivity contribution in [1.82, 2.24) is 4.72 Å². The van der Waals surface area contributed by atoms with Crippen LogP contribution in [-0.2, 0) is 10.0 Å². The maximum Gasteiger partial charge on any atom is 0.240 e. The molecule has 0 saturated carbocycles. The van der Waals surface area contributed by atoms with Gasteiger partial charge in [0.1, 0.15) is 0 Å². The SMILES string of the molecule is C#CCCNS(=O)(=O)c1ccc(Cl)cc1. The van der Waals surface area contributed by atoms with Crippen LogP contribution in [0.2, 0.25) is 5.02 Å². The molecule has 0 aliphatic carbocycles. The van der Waals surface area contributed by atoms with Gasteiger partial charge >= 0.3 is 0 Å². The van der Waals surface area contributed by atoms with Gasteiger partial charge in [0.15, 0.2) is 0 Å². The zero-order chi connectivity index (χ0) is 11.3. The van der Waals surface area contributed by atoms with Crippen LogP contribution in [0.5, 0.6) is 0 Å². The van der Waals surface area contributed by atoms with Crippen LogP contribution in [0.1, 0.15) is 6.42 Å². The largest absolute Gasteiger partial charge is 0.240 e. The second-order valence-corrected chi connectivity index (χ2v) is 5.01. The van der Waals surface area contributed by atoms with Crippen LogP contribution in [0.25, 0.3) is 0 Å². The van der Waals surface area contributed by atoms with Crippen LogP contribution in [0.3, 0.4) is 0 Å². The van der Waals surface area contributed by atoms with Gasteiger partial charge in [-0.1, -0.05) is 11.6 Å². The average Bonchev–Trinajstić information content (AvgIpc) is 2.18. The van der Waals surface area contributed by atoms with Crippen LogP contribution in [0.4, 0.5) is 0 Å². The smallest absolute Gasteiger partial charge is 0.210 e. The van der Waals surface area contributed by atoms with Crippen molar-refractivity contribution in [3.05, 3.63) is 29.3 Å². The summed E-state index contributed by atoms with van der Waals surface area (Å²) in [7, 11) is -3.45. The highest BCUT2D eigenvalue weighted by molar-refractivity contribution is 7.89. The van der Waals surface area contributed by atoms with Gasteiger partial charge in [-0.25, -0.2) is 13.1 Å². The summed E-state index contributed by atoms with van der Waals surface area (Å²) in [5.41, 5.74) is 0. The summed E-state index contributed by atoms with van der Waals surface area (Å²) in [6.45, 7) is 0.238. The minimum atomic E-state index is -3.45. The van der Waals surface area contributed by atoms with Gasteiger partial charge in [-0.3, -0.25) is 0 Å². The minimum absolute atomic E-state index is 0.184. The van der Waals surface area contributed by atoms with E-state index in [4.69, 9.17) is 18.0 Å². The molecule has 80 valence electrons. The van der Waals surface area contributed by atoms with E-state index in [1.54, 1.807) is 0 Å². The van der Waals surface area contributed by atoms with Crippen LogP contribution in [0, 0.1) is 12.3 Å². The maximum absolute atomic E-state index is 11.6. The molecule has 15 heavy (non-hydrogen) atoms. The molecule has 0 aliphatic rings. The van der Waals surface area contributed by atoms with Crippen LogP contribution >= 0.6 is 11.6 Å². The lowest BCUT2D eigenvalue weighted by molar-refractivity contribution is 0.582.